The quantitative estimate of drug-likeness (QED) is 0.868. The highest BCUT2D eigenvalue weighted by atomic mass is 32.2. The second kappa shape index (κ2) is 4.95. The van der Waals surface area contributed by atoms with Crippen LogP contribution in [0.2, 0.25) is 0 Å². The molecule has 0 saturated heterocycles. The number of fused-ring (bicyclic) bond motifs is 1. The highest BCUT2D eigenvalue weighted by Gasteiger charge is 2.74. The third-order valence-electron chi connectivity index (χ3n) is 4.82. The minimum Gasteiger partial charge on any atom is -0.378 e. The number of nitrogens with zero attached hydrogens (tertiary/aromatic N) is 1. The Morgan fingerprint density at radius 3 is 2.73 bits per heavy atom. The summed E-state index contributed by atoms with van der Waals surface area (Å²) >= 11 is 1.12. The maximum absolute atomic E-state index is 14.4. The van der Waals surface area contributed by atoms with E-state index in [1.54, 1.807) is 0 Å². The molecule has 22 heavy (non-hydrogen) atoms. The van der Waals surface area contributed by atoms with Crippen molar-refractivity contribution in [3.63, 3.8) is 0 Å². The molecule has 1 aliphatic carbocycles. The van der Waals surface area contributed by atoms with Gasteiger partial charge in [-0.2, -0.15) is 0 Å². The van der Waals surface area contributed by atoms with Gasteiger partial charge in [0.05, 0.1) is 4.75 Å². The second-order valence-corrected chi connectivity index (χ2v) is 7.19. The van der Waals surface area contributed by atoms with Crippen LogP contribution in [0.1, 0.15) is 18.1 Å². The molecule has 3 rings (SSSR count). The van der Waals surface area contributed by atoms with Gasteiger partial charge in [0.2, 0.25) is 0 Å². The topological polar surface area (TPSA) is 38.4 Å². The molecule has 1 unspecified atom stereocenters. The van der Waals surface area contributed by atoms with Crippen LogP contribution in [0.3, 0.4) is 0 Å². The van der Waals surface area contributed by atoms with Crippen LogP contribution >= 0.6 is 11.8 Å². The normalized spacial score (nSPS) is 36.2. The molecule has 116 valence electrons. The Morgan fingerprint density at radius 1 is 1.41 bits per heavy atom. The summed E-state index contributed by atoms with van der Waals surface area (Å²) in [5, 5.41) is 0.0846. The fourth-order valence-corrected chi connectivity index (χ4v) is 5.08. The van der Waals surface area contributed by atoms with Crippen LogP contribution in [0.4, 0.5) is 13.2 Å². The van der Waals surface area contributed by atoms with Gasteiger partial charge in [-0.05, 0) is 24.1 Å². The summed E-state index contributed by atoms with van der Waals surface area (Å²) in [6.45, 7) is 0.215. The molecule has 1 fully saturated rings. The predicted octanol–water partition coefficient (Wildman–Crippen LogP) is 3.01. The van der Waals surface area contributed by atoms with Crippen molar-refractivity contribution in [2.45, 2.75) is 17.2 Å². The summed E-state index contributed by atoms with van der Waals surface area (Å²) in [5.41, 5.74) is 4.78. The van der Waals surface area contributed by atoms with Crippen molar-refractivity contribution < 1.29 is 13.2 Å². The largest absolute Gasteiger partial charge is 0.378 e. The number of amidine groups is 1. The van der Waals surface area contributed by atoms with Crippen molar-refractivity contribution in [2.75, 3.05) is 13.3 Å². The van der Waals surface area contributed by atoms with Crippen molar-refractivity contribution in [1.29, 1.82) is 0 Å². The SMILES string of the molecule is C#Cc1ccc(F)c([C@@]2(CF)N=C(N)S[C@]3(CF)C2[C@@H]3C)c1. The van der Waals surface area contributed by atoms with Gasteiger partial charge in [0.1, 0.15) is 24.7 Å². The Hall–Kier alpha value is -1.61. The zero-order chi connectivity index (χ0) is 16.1. The van der Waals surface area contributed by atoms with Crippen molar-refractivity contribution in [1.82, 2.24) is 0 Å². The Bertz CT molecular complexity index is 699. The van der Waals surface area contributed by atoms with E-state index >= 15 is 0 Å². The molecule has 1 aliphatic heterocycles. The van der Waals surface area contributed by atoms with Gasteiger partial charge in [0.15, 0.2) is 5.17 Å². The van der Waals surface area contributed by atoms with E-state index in [9.17, 15) is 13.2 Å². The minimum atomic E-state index is -1.50. The van der Waals surface area contributed by atoms with E-state index in [0.717, 1.165) is 11.8 Å². The number of thioether (sulfide) groups is 1. The fraction of sp³-hybridized carbons (Fsp3) is 0.438. The lowest BCUT2D eigenvalue weighted by Crippen LogP contribution is -2.40. The third kappa shape index (κ3) is 1.81. The van der Waals surface area contributed by atoms with Gasteiger partial charge in [-0.25, -0.2) is 18.2 Å². The number of hydrogen-bond donors (Lipinski definition) is 1. The van der Waals surface area contributed by atoms with Gasteiger partial charge in [-0.3, -0.25) is 0 Å². The average molecular weight is 324 g/mol. The number of benzene rings is 1. The van der Waals surface area contributed by atoms with E-state index in [1.165, 1.54) is 18.2 Å². The number of rotatable bonds is 3. The lowest BCUT2D eigenvalue weighted by molar-refractivity contribution is 0.252. The smallest absolute Gasteiger partial charge is 0.155 e. The van der Waals surface area contributed by atoms with Crippen LogP contribution in [0, 0.1) is 30.0 Å². The first-order chi connectivity index (χ1) is 10.4. The van der Waals surface area contributed by atoms with Crippen molar-refractivity contribution in [3.05, 3.63) is 35.1 Å². The van der Waals surface area contributed by atoms with Crippen molar-refractivity contribution in [3.8, 4) is 12.3 Å². The number of terminal acetylenes is 1. The number of alkyl halides is 2. The zero-order valence-corrected chi connectivity index (χ0v) is 12.8. The van der Waals surface area contributed by atoms with E-state index in [-0.39, 0.29) is 16.6 Å². The number of hydrogen-bond acceptors (Lipinski definition) is 3. The Morgan fingerprint density at radius 2 is 2.14 bits per heavy atom. The summed E-state index contributed by atoms with van der Waals surface area (Å²) in [6, 6.07) is 4.05. The van der Waals surface area contributed by atoms with Crippen LogP contribution in [-0.4, -0.2) is 23.3 Å². The van der Waals surface area contributed by atoms with Gasteiger partial charge >= 0.3 is 0 Å². The molecule has 0 radical (unpaired) electrons. The molecule has 0 amide bonds. The van der Waals surface area contributed by atoms with Crippen LogP contribution < -0.4 is 5.73 Å². The molecule has 1 aromatic rings. The molecule has 0 spiro atoms. The Kier molecular flexibility index (Phi) is 3.44. The maximum atomic E-state index is 14.4. The van der Waals surface area contributed by atoms with Gasteiger partial charge in [-0.15, -0.1) is 6.42 Å². The highest BCUT2D eigenvalue weighted by Crippen LogP contribution is 2.70. The first kappa shape index (κ1) is 15.3. The number of aliphatic imine (C=N–C) groups is 1. The van der Waals surface area contributed by atoms with E-state index in [1.807, 2.05) is 6.92 Å². The molecule has 2 nitrogen and oxygen atoms in total. The number of nitrogens with two attached hydrogens (primary N) is 1. The summed E-state index contributed by atoms with van der Waals surface area (Å²) in [7, 11) is 0. The van der Waals surface area contributed by atoms with E-state index in [4.69, 9.17) is 12.2 Å². The standard InChI is InChI=1S/C16H15F3N2S/c1-3-10-4-5-12(19)11(6-10)15(7-17)13-9(2)16(13,8-18)22-14(20)21-15/h1,4-6,9,13H,7-8H2,2H3,(H2,20,21)/t9-,13?,15+,16-/m0/s1. The molecule has 1 saturated carbocycles. The molecule has 0 bridgehead atoms. The van der Waals surface area contributed by atoms with E-state index < -0.39 is 35.4 Å². The van der Waals surface area contributed by atoms with Crippen molar-refractivity contribution in [2.24, 2.45) is 22.6 Å². The van der Waals surface area contributed by atoms with Crippen LogP contribution in [0.15, 0.2) is 23.2 Å². The molecular weight excluding hydrogens is 309 g/mol. The molecule has 1 aromatic carbocycles. The van der Waals surface area contributed by atoms with E-state index in [2.05, 4.69) is 10.9 Å². The van der Waals surface area contributed by atoms with Crippen molar-refractivity contribution >= 4 is 16.9 Å². The van der Waals surface area contributed by atoms with Crippen LogP contribution in [0.25, 0.3) is 0 Å². The molecule has 2 aliphatic rings. The summed E-state index contributed by atoms with van der Waals surface area (Å²) in [5.74, 6) is 1.19. The second-order valence-electron chi connectivity index (χ2n) is 5.80. The maximum Gasteiger partial charge on any atom is 0.155 e. The highest BCUT2D eigenvalue weighted by molar-refractivity contribution is 8.15. The number of halogens is 3. The average Bonchev–Trinajstić information content (AvgIpc) is 3.12. The van der Waals surface area contributed by atoms with Gasteiger partial charge in [0, 0.05) is 17.0 Å². The summed E-state index contributed by atoms with van der Waals surface area (Å²) in [6.07, 6.45) is 5.34. The zero-order valence-electron chi connectivity index (χ0n) is 11.9. The van der Waals surface area contributed by atoms with Gasteiger partial charge < -0.3 is 5.73 Å². The van der Waals surface area contributed by atoms with Gasteiger partial charge in [0.25, 0.3) is 0 Å². The first-order valence-electron chi connectivity index (χ1n) is 6.88. The molecule has 2 N–H and O–H groups in total. The minimum absolute atomic E-state index is 0.0564. The monoisotopic (exact) mass is 324 g/mol. The van der Waals surface area contributed by atoms with Crippen LogP contribution in [0.5, 0.6) is 0 Å². The predicted molar refractivity (Wildman–Crippen MR) is 82.6 cm³/mol. The molecule has 0 aromatic heterocycles. The van der Waals surface area contributed by atoms with Crippen LogP contribution in [-0.2, 0) is 5.54 Å². The first-order valence-corrected chi connectivity index (χ1v) is 7.69. The molecule has 4 atom stereocenters. The third-order valence-corrected chi connectivity index (χ3v) is 6.23. The lowest BCUT2D eigenvalue weighted by Gasteiger charge is -2.34. The molecule has 6 heteroatoms. The lowest BCUT2D eigenvalue weighted by atomic mass is 9.83. The summed E-state index contributed by atoms with van der Waals surface area (Å²) < 4.78 is 41.2. The summed E-state index contributed by atoms with van der Waals surface area (Å²) in [4.78, 5) is 4.21. The Labute approximate surface area is 131 Å². The van der Waals surface area contributed by atoms with Gasteiger partial charge in [-0.1, -0.05) is 24.6 Å². The van der Waals surface area contributed by atoms with E-state index in [0.29, 0.717) is 5.56 Å². The molecular formula is C16H15F3N2S. The fourth-order valence-electron chi connectivity index (χ4n) is 3.65. The molecule has 1 heterocycles. The Balaban J connectivity index is 2.22.